The number of ether oxygens (including phenoxy) is 1. The van der Waals surface area contributed by atoms with Crippen molar-refractivity contribution in [2.24, 2.45) is 5.92 Å². The van der Waals surface area contributed by atoms with Crippen LogP contribution in [0.3, 0.4) is 0 Å². The van der Waals surface area contributed by atoms with Gasteiger partial charge in [0.25, 0.3) is 0 Å². The van der Waals surface area contributed by atoms with Gasteiger partial charge >= 0.3 is 0 Å². The van der Waals surface area contributed by atoms with Crippen LogP contribution < -0.4 is 15.4 Å². The van der Waals surface area contributed by atoms with E-state index in [0.717, 1.165) is 24.3 Å². The minimum Gasteiger partial charge on any atom is -0.497 e. The molecule has 0 fully saturated rings. The summed E-state index contributed by atoms with van der Waals surface area (Å²) in [6, 6.07) is 7.64. The van der Waals surface area contributed by atoms with Gasteiger partial charge in [-0.2, -0.15) is 0 Å². The number of amides is 1. The van der Waals surface area contributed by atoms with Crippen LogP contribution in [0.15, 0.2) is 24.3 Å². The molecule has 1 rings (SSSR count). The molecule has 0 aliphatic rings. The highest BCUT2D eigenvalue weighted by Gasteiger charge is 2.11. The van der Waals surface area contributed by atoms with E-state index in [1.54, 1.807) is 7.11 Å². The second-order valence-corrected chi connectivity index (χ2v) is 5.43. The first kappa shape index (κ1) is 16.5. The van der Waals surface area contributed by atoms with Gasteiger partial charge in [-0.1, -0.05) is 26.0 Å². The number of hydrogen-bond acceptors (Lipinski definition) is 3. The Morgan fingerprint density at radius 3 is 2.70 bits per heavy atom. The highest BCUT2D eigenvalue weighted by Crippen LogP contribution is 2.12. The molecule has 20 heavy (non-hydrogen) atoms. The molecule has 0 saturated carbocycles. The maximum absolute atomic E-state index is 11.9. The van der Waals surface area contributed by atoms with Crippen LogP contribution >= 0.6 is 0 Å². The Hall–Kier alpha value is -1.55. The second kappa shape index (κ2) is 8.59. The number of rotatable bonds is 8. The molecule has 0 spiro atoms. The average molecular weight is 278 g/mol. The number of hydrogen-bond donors (Lipinski definition) is 2. The Balaban J connectivity index is 2.34. The Bertz CT molecular complexity index is 419. The molecule has 1 aromatic carbocycles. The van der Waals surface area contributed by atoms with Gasteiger partial charge in [-0.3, -0.25) is 4.79 Å². The predicted octanol–water partition coefficient (Wildman–Crippen LogP) is 2.34. The summed E-state index contributed by atoms with van der Waals surface area (Å²) in [6.07, 6.45) is 1.01. The summed E-state index contributed by atoms with van der Waals surface area (Å²) in [5.74, 6) is 1.49. The minimum atomic E-state index is -0.201. The molecule has 1 unspecified atom stereocenters. The molecule has 0 aromatic heterocycles. The van der Waals surface area contributed by atoms with E-state index in [4.69, 9.17) is 4.74 Å². The molecule has 1 atom stereocenters. The number of methoxy groups -OCH3 is 1. The highest BCUT2D eigenvalue weighted by atomic mass is 16.5. The molecule has 0 aliphatic heterocycles. The first-order valence-electron chi connectivity index (χ1n) is 7.17. The highest BCUT2D eigenvalue weighted by molar-refractivity contribution is 5.81. The third kappa shape index (κ3) is 6.06. The minimum absolute atomic E-state index is 0.0496. The monoisotopic (exact) mass is 278 g/mol. The topological polar surface area (TPSA) is 50.4 Å². The van der Waals surface area contributed by atoms with Crippen LogP contribution in [0.2, 0.25) is 0 Å². The predicted molar refractivity (Wildman–Crippen MR) is 81.8 cm³/mol. The zero-order valence-corrected chi connectivity index (χ0v) is 12.9. The van der Waals surface area contributed by atoms with Crippen LogP contribution in [0.5, 0.6) is 5.75 Å². The second-order valence-electron chi connectivity index (χ2n) is 5.43. The van der Waals surface area contributed by atoms with Crippen LogP contribution in [0.25, 0.3) is 0 Å². The standard InChI is InChI=1S/C16H26N2O2/c1-12(2)8-9-17-16(19)13(3)18-11-14-6-5-7-15(10-14)20-4/h5-7,10,12-13,18H,8-9,11H2,1-4H3,(H,17,19). The van der Waals surface area contributed by atoms with Crippen molar-refractivity contribution in [2.75, 3.05) is 13.7 Å². The van der Waals surface area contributed by atoms with Crippen molar-refractivity contribution in [1.29, 1.82) is 0 Å². The SMILES string of the molecule is COc1cccc(CNC(C)C(=O)NCCC(C)C)c1. The molecule has 0 heterocycles. The van der Waals surface area contributed by atoms with Gasteiger partial charge in [0.05, 0.1) is 13.2 Å². The lowest BCUT2D eigenvalue weighted by Crippen LogP contribution is -2.42. The molecule has 4 heteroatoms. The van der Waals surface area contributed by atoms with Crippen molar-refractivity contribution in [1.82, 2.24) is 10.6 Å². The fraction of sp³-hybridized carbons (Fsp3) is 0.562. The molecule has 4 nitrogen and oxygen atoms in total. The van der Waals surface area contributed by atoms with Crippen LogP contribution in [0, 0.1) is 5.92 Å². The van der Waals surface area contributed by atoms with E-state index in [9.17, 15) is 4.79 Å². The molecular formula is C16H26N2O2. The number of carbonyl (C=O) groups is 1. The summed E-state index contributed by atoms with van der Waals surface area (Å²) in [6.45, 7) is 7.57. The molecule has 0 bridgehead atoms. The van der Waals surface area contributed by atoms with Crippen molar-refractivity contribution in [3.05, 3.63) is 29.8 Å². The molecule has 0 radical (unpaired) electrons. The molecule has 0 aliphatic carbocycles. The molecular weight excluding hydrogens is 252 g/mol. The smallest absolute Gasteiger partial charge is 0.236 e. The zero-order valence-electron chi connectivity index (χ0n) is 12.9. The Labute approximate surface area is 121 Å². The van der Waals surface area contributed by atoms with Gasteiger partial charge in [0.2, 0.25) is 5.91 Å². The van der Waals surface area contributed by atoms with Crippen molar-refractivity contribution >= 4 is 5.91 Å². The fourth-order valence-electron chi connectivity index (χ4n) is 1.78. The summed E-state index contributed by atoms with van der Waals surface area (Å²) >= 11 is 0. The van der Waals surface area contributed by atoms with Crippen molar-refractivity contribution in [3.8, 4) is 5.75 Å². The van der Waals surface area contributed by atoms with Gasteiger partial charge in [0, 0.05) is 13.1 Å². The summed E-state index contributed by atoms with van der Waals surface area (Å²) in [7, 11) is 1.65. The quantitative estimate of drug-likeness (QED) is 0.767. The van der Waals surface area contributed by atoms with Gasteiger partial charge in [-0.05, 0) is 37.0 Å². The molecule has 1 amide bonds. The first-order valence-corrected chi connectivity index (χ1v) is 7.17. The third-order valence-electron chi connectivity index (χ3n) is 3.16. The Kier molecular flexibility index (Phi) is 7.09. The van der Waals surface area contributed by atoms with E-state index in [-0.39, 0.29) is 11.9 Å². The lowest BCUT2D eigenvalue weighted by atomic mass is 10.1. The van der Waals surface area contributed by atoms with Crippen LogP contribution in [0.4, 0.5) is 0 Å². The van der Waals surface area contributed by atoms with Crippen LogP contribution in [-0.4, -0.2) is 25.6 Å². The molecule has 0 saturated heterocycles. The Morgan fingerprint density at radius 1 is 1.30 bits per heavy atom. The normalized spacial score (nSPS) is 12.2. The van der Waals surface area contributed by atoms with Crippen molar-refractivity contribution < 1.29 is 9.53 Å². The molecule has 112 valence electrons. The molecule has 2 N–H and O–H groups in total. The lowest BCUT2D eigenvalue weighted by molar-refractivity contribution is -0.122. The Morgan fingerprint density at radius 2 is 2.05 bits per heavy atom. The summed E-state index contributed by atoms with van der Waals surface area (Å²) in [5.41, 5.74) is 1.10. The lowest BCUT2D eigenvalue weighted by Gasteiger charge is -2.15. The van der Waals surface area contributed by atoms with E-state index in [2.05, 4.69) is 24.5 Å². The van der Waals surface area contributed by atoms with E-state index < -0.39 is 0 Å². The van der Waals surface area contributed by atoms with E-state index in [1.807, 2.05) is 31.2 Å². The number of carbonyl (C=O) groups excluding carboxylic acids is 1. The van der Waals surface area contributed by atoms with Gasteiger partial charge in [-0.25, -0.2) is 0 Å². The van der Waals surface area contributed by atoms with Gasteiger partial charge in [0.1, 0.15) is 5.75 Å². The maximum Gasteiger partial charge on any atom is 0.236 e. The van der Waals surface area contributed by atoms with Crippen LogP contribution in [0.1, 0.15) is 32.8 Å². The zero-order chi connectivity index (χ0) is 15.0. The summed E-state index contributed by atoms with van der Waals surface area (Å²) < 4.78 is 5.18. The van der Waals surface area contributed by atoms with E-state index in [0.29, 0.717) is 12.5 Å². The average Bonchev–Trinajstić information content (AvgIpc) is 2.44. The van der Waals surface area contributed by atoms with Crippen molar-refractivity contribution in [2.45, 2.75) is 39.8 Å². The molecule has 1 aromatic rings. The van der Waals surface area contributed by atoms with Gasteiger partial charge in [-0.15, -0.1) is 0 Å². The van der Waals surface area contributed by atoms with E-state index in [1.165, 1.54) is 0 Å². The van der Waals surface area contributed by atoms with Gasteiger partial charge < -0.3 is 15.4 Å². The third-order valence-corrected chi connectivity index (χ3v) is 3.16. The van der Waals surface area contributed by atoms with Gasteiger partial charge in [0.15, 0.2) is 0 Å². The number of benzene rings is 1. The maximum atomic E-state index is 11.9. The summed E-state index contributed by atoms with van der Waals surface area (Å²) in [5, 5.41) is 6.17. The fourth-order valence-corrected chi connectivity index (χ4v) is 1.78. The summed E-state index contributed by atoms with van der Waals surface area (Å²) in [4.78, 5) is 11.9. The largest absolute Gasteiger partial charge is 0.497 e. The van der Waals surface area contributed by atoms with E-state index >= 15 is 0 Å². The van der Waals surface area contributed by atoms with Crippen LogP contribution in [-0.2, 0) is 11.3 Å². The number of nitrogens with one attached hydrogen (secondary N) is 2. The van der Waals surface area contributed by atoms with Crippen molar-refractivity contribution in [3.63, 3.8) is 0 Å². The first-order chi connectivity index (χ1) is 9.52.